The number of pyridine rings is 1. The van der Waals surface area contributed by atoms with E-state index < -0.39 is 0 Å². The predicted octanol–water partition coefficient (Wildman–Crippen LogP) is 1.99. The standard InChI is InChI=1S/C12H19FN2OS/c1-10(11-7-12(13)9-14-8-11)15-3-6-17-5-2-4-16/h7-10,15-16H,2-6H2,1H3. The summed E-state index contributed by atoms with van der Waals surface area (Å²) in [6.45, 7) is 3.12. The van der Waals surface area contributed by atoms with E-state index in [1.807, 2.05) is 6.92 Å². The highest BCUT2D eigenvalue weighted by atomic mass is 32.2. The van der Waals surface area contributed by atoms with Gasteiger partial charge in [-0.25, -0.2) is 4.39 Å². The first-order valence-electron chi connectivity index (χ1n) is 5.76. The molecule has 0 saturated carbocycles. The van der Waals surface area contributed by atoms with Gasteiger partial charge in [0, 0.05) is 31.1 Å². The second-order valence-electron chi connectivity index (χ2n) is 3.80. The van der Waals surface area contributed by atoms with Gasteiger partial charge >= 0.3 is 0 Å². The van der Waals surface area contributed by atoms with E-state index in [1.165, 1.54) is 12.3 Å². The van der Waals surface area contributed by atoms with Crippen molar-refractivity contribution in [2.75, 3.05) is 24.7 Å². The molecule has 1 unspecified atom stereocenters. The third kappa shape index (κ3) is 6.00. The maximum Gasteiger partial charge on any atom is 0.141 e. The molecular formula is C12H19FN2OS. The van der Waals surface area contributed by atoms with Crippen LogP contribution in [0, 0.1) is 5.82 Å². The van der Waals surface area contributed by atoms with Crippen LogP contribution < -0.4 is 5.32 Å². The molecule has 0 radical (unpaired) electrons. The minimum absolute atomic E-state index is 0.108. The zero-order valence-corrected chi connectivity index (χ0v) is 10.8. The summed E-state index contributed by atoms with van der Waals surface area (Å²) in [7, 11) is 0. The molecule has 0 aromatic carbocycles. The van der Waals surface area contributed by atoms with Crippen LogP contribution in [-0.4, -0.2) is 34.7 Å². The second-order valence-corrected chi connectivity index (χ2v) is 5.03. The number of hydrogen-bond acceptors (Lipinski definition) is 4. The number of hydrogen-bond donors (Lipinski definition) is 2. The van der Waals surface area contributed by atoms with E-state index in [0.717, 1.165) is 30.0 Å². The molecule has 5 heteroatoms. The average Bonchev–Trinajstić information content (AvgIpc) is 2.33. The van der Waals surface area contributed by atoms with E-state index in [1.54, 1.807) is 18.0 Å². The zero-order valence-electron chi connectivity index (χ0n) is 10.0. The van der Waals surface area contributed by atoms with Crippen molar-refractivity contribution in [2.24, 2.45) is 0 Å². The van der Waals surface area contributed by atoms with Gasteiger partial charge in [-0.3, -0.25) is 4.98 Å². The van der Waals surface area contributed by atoms with Gasteiger partial charge in [-0.15, -0.1) is 0 Å². The van der Waals surface area contributed by atoms with E-state index in [-0.39, 0.29) is 18.5 Å². The highest BCUT2D eigenvalue weighted by Gasteiger charge is 2.05. The summed E-state index contributed by atoms with van der Waals surface area (Å²) in [6, 6.07) is 1.61. The van der Waals surface area contributed by atoms with Crippen LogP contribution in [0.2, 0.25) is 0 Å². The van der Waals surface area contributed by atoms with Gasteiger partial charge < -0.3 is 10.4 Å². The number of nitrogens with one attached hydrogen (secondary N) is 1. The summed E-state index contributed by atoms with van der Waals surface area (Å²) in [5.41, 5.74) is 0.866. The molecule has 1 atom stereocenters. The van der Waals surface area contributed by atoms with Crippen molar-refractivity contribution < 1.29 is 9.50 Å². The molecule has 1 aromatic heterocycles. The lowest BCUT2D eigenvalue weighted by Gasteiger charge is -2.13. The van der Waals surface area contributed by atoms with Crippen LogP contribution in [0.15, 0.2) is 18.5 Å². The van der Waals surface area contributed by atoms with Gasteiger partial charge in [0.1, 0.15) is 5.82 Å². The van der Waals surface area contributed by atoms with Crippen LogP contribution in [0.3, 0.4) is 0 Å². The van der Waals surface area contributed by atoms with Gasteiger partial charge in [-0.05, 0) is 30.7 Å². The third-order valence-corrected chi connectivity index (χ3v) is 3.44. The molecule has 0 amide bonds. The van der Waals surface area contributed by atoms with Gasteiger partial charge in [-0.1, -0.05) is 0 Å². The molecule has 1 heterocycles. The van der Waals surface area contributed by atoms with Gasteiger partial charge in [-0.2, -0.15) is 11.8 Å². The average molecular weight is 258 g/mol. The molecule has 1 rings (SSSR count). The molecule has 0 bridgehead atoms. The molecule has 0 fully saturated rings. The Hall–Kier alpha value is -0.650. The summed E-state index contributed by atoms with van der Waals surface area (Å²) < 4.78 is 12.9. The first-order valence-corrected chi connectivity index (χ1v) is 6.92. The molecule has 3 nitrogen and oxygen atoms in total. The molecule has 17 heavy (non-hydrogen) atoms. The molecule has 0 aliphatic heterocycles. The lowest BCUT2D eigenvalue weighted by Crippen LogP contribution is -2.21. The van der Waals surface area contributed by atoms with Gasteiger partial charge in [0.05, 0.1) is 6.20 Å². The predicted molar refractivity (Wildman–Crippen MR) is 69.6 cm³/mol. The smallest absolute Gasteiger partial charge is 0.141 e. The third-order valence-electron chi connectivity index (χ3n) is 2.37. The number of aliphatic hydroxyl groups excluding tert-OH is 1. The van der Waals surface area contributed by atoms with Crippen LogP contribution in [0.25, 0.3) is 0 Å². The van der Waals surface area contributed by atoms with E-state index in [2.05, 4.69) is 10.3 Å². The molecule has 2 N–H and O–H groups in total. The van der Waals surface area contributed by atoms with Crippen molar-refractivity contribution in [3.63, 3.8) is 0 Å². The minimum Gasteiger partial charge on any atom is -0.396 e. The maximum absolute atomic E-state index is 12.9. The monoisotopic (exact) mass is 258 g/mol. The van der Waals surface area contributed by atoms with Crippen LogP contribution in [0.4, 0.5) is 4.39 Å². The zero-order chi connectivity index (χ0) is 12.5. The fourth-order valence-corrected chi connectivity index (χ4v) is 2.20. The van der Waals surface area contributed by atoms with E-state index in [0.29, 0.717) is 0 Å². The summed E-state index contributed by atoms with van der Waals surface area (Å²) >= 11 is 1.81. The van der Waals surface area contributed by atoms with Crippen molar-refractivity contribution in [3.05, 3.63) is 29.8 Å². The number of rotatable bonds is 8. The first kappa shape index (κ1) is 14.4. The topological polar surface area (TPSA) is 45.1 Å². The summed E-state index contributed by atoms with van der Waals surface area (Å²) in [6.07, 6.45) is 3.73. The Kier molecular flexibility index (Phi) is 7.16. The minimum atomic E-state index is -0.298. The highest BCUT2D eigenvalue weighted by molar-refractivity contribution is 7.99. The Morgan fingerprint density at radius 3 is 3.00 bits per heavy atom. The Morgan fingerprint density at radius 1 is 1.47 bits per heavy atom. The van der Waals surface area contributed by atoms with Gasteiger partial charge in [0.25, 0.3) is 0 Å². The lowest BCUT2D eigenvalue weighted by molar-refractivity contribution is 0.296. The number of aliphatic hydroxyl groups is 1. The van der Waals surface area contributed by atoms with E-state index >= 15 is 0 Å². The number of thioether (sulfide) groups is 1. The molecule has 0 spiro atoms. The van der Waals surface area contributed by atoms with Crippen molar-refractivity contribution in [1.82, 2.24) is 10.3 Å². The number of halogens is 1. The van der Waals surface area contributed by atoms with Crippen molar-refractivity contribution in [3.8, 4) is 0 Å². The molecule has 0 aliphatic rings. The van der Waals surface area contributed by atoms with Gasteiger partial charge in [0.15, 0.2) is 0 Å². The molecule has 1 aromatic rings. The van der Waals surface area contributed by atoms with Crippen LogP contribution in [-0.2, 0) is 0 Å². The summed E-state index contributed by atoms with van der Waals surface area (Å²) in [5, 5.41) is 11.9. The lowest BCUT2D eigenvalue weighted by atomic mass is 10.1. The summed E-state index contributed by atoms with van der Waals surface area (Å²) in [4.78, 5) is 3.83. The highest BCUT2D eigenvalue weighted by Crippen LogP contribution is 2.12. The van der Waals surface area contributed by atoms with Crippen LogP contribution >= 0.6 is 11.8 Å². The van der Waals surface area contributed by atoms with Crippen molar-refractivity contribution in [2.45, 2.75) is 19.4 Å². The SMILES string of the molecule is CC(NCCSCCCO)c1cncc(F)c1. The van der Waals surface area contributed by atoms with Crippen LogP contribution in [0.1, 0.15) is 24.9 Å². The van der Waals surface area contributed by atoms with Crippen LogP contribution in [0.5, 0.6) is 0 Å². The molecule has 0 saturated heterocycles. The first-order chi connectivity index (χ1) is 8.24. The van der Waals surface area contributed by atoms with E-state index in [4.69, 9.17) is 5.11 Å². The van der Waals surface area contributed by atoms with Crippen molar-refractivity contribution in [1.29, 1.82) is 0 Å². The van der Waals surface area contributed by atoms with Gasteiger partial charge in [0.2, 0.25) is 0 Å². The maximum atomic E-state index is 12.9. The Balaban J connectivity index is 2.19. The fourth-order valence-electron chi connectivity index (χ4n) is 1.40. The number of aromatic nitrogens is 1. The quantitative estimate of drug-likeness (QED) is 0.700. The molecule has 0 aliphatic carbocycles. The Bertz CT molecular complexity index is 325. The largest absolute Gasteiger partial charge is 0.396 e. The summed E-state index contributed by atoms with van der Waals surface area (Å²) in [5.74, 6) is 1.68. The fraction of sp³-hybridized carbons (Fsp3) is 0.583. The number of nitrogens with zero attached hydrogens (tertiary/aromatic N) is 1. The molecule has 96 valence electrons. The normalized spacial score (nSPS) is 12.6. The van der Waals surface area contributed by atoms with E-state index in [9.17, 15) is 4.39 Å². The Labute approximate surface area is 106 Å². The molecular weight excluding hydrogens is 239 g/mol. The second kappa shape index (κ2) is 8.44. The Morgan fingerprint density at radius 2 is 2.29 bits per heavy atom. The van der Waals surface area contributed by atoms with Crippen molar-refractivity contribution >= 4 is 11.8 Å².